The number of hydrogen-bond donors (Lipinski definition) is 3. The van der Waals surface area contributed by atoms with Crippen LogP contribution in [0, 0.1) is 0 Å². The van der Waals surface area contributed by atoms with Gasteiger partial charge in [0, 0.05) is 30.7 Å². The first-order valence-electron chi connectivity index (χ1n) is 12.0. The zero-order valence-corrected chi connectivity index (χ0v) is 21.1. The van der Waals surface area contributed by atoms with Crippen molar-refractivity contribution in [3.8, 4) is 5.69 Å². The first-order chi connectivity index (χ1) is 17.2. The normalized spacial score (nSPS) is 15.1. The molecule has 0 bridgehead atoms. The van der Waals surface area contributed by atoms with Crippen molar-refractivity contribution in [1.29, 1.82) is 0 Å². The number of aliphatic hydroxyl groups is 1. The van der Waals surface area contributed by atoms with Crippen LogP contribution in [0.15, 0.2) is 65.7 Å². The van der Waals surface area contributed by atoms with Crippen LogP contribution in [0.3, 0.4) is 0 Å². The summed E-state index contributed by atoms with van der Waals surface area (Å²) in [6.07, 6.45) is 3.22. The Balaban J connectivity index is 1.54. The van der Waals surface area contributed by atoms with E-state index in [4.69, 9.17) is 5.73 Å². The van der Waals surface area contributed by atoms with E-state index in [1.165, 1.54) is 0 Å². The number of piperidine rings is 1. The van der Waals surface area contributed by atoms with Crippen molar-refractivity contribution in [2.45, 2.75) is 42.9 Å². The molecule has 0 atom stereocenters. The Kier molecular flexibility index (Phi) is 6.31. The fraction of sp³-hybridized carbons (Fsp3) is 0.308. The molecule has 1 saturated heterocycles. The highest BCUT2D eigenvalue weighted by molar-refractivity contribution is 7.92. The maximum absolute atomic E-state index is 13.0. The van der Waals surface area contributed by atoms with Crippen molar-refractivity contribution in [1.82, 2.24) is 14.5 Å². The second kappa shape index (κ2) is 9.44. The standard InChI is InChI=1S/C26H30N6O3S/c1-17(2)36(34,35)23-6-4-3-5-21(23)28-25-24-22(29-26(27)30-25)13-16-32(24)19-9-7-18(8-10-19)31-14-11-20(33)12-15-31/h3-10,13,16-17,20,33H,11-12,14-15H2,1-2H3,(H3,27,28,29,30). The lowest BCUT2D eigenvalue weighted by molar-refractivity contribution is 0.145. The Bertz CT molecular complexity index is 1490. The molecule has 0 radical (unpaired) electrons. The van der Waals surface area contributed by atoms with Gasteiger partial charge < -0.3 is 25.6 Å². The number of nitrogens with two attached hydrogens (primary N) is 1. The van der Waals surface area contributed by atoms with Crippen LogP contribution in [-0.2, 0) is 9.84 Å². The van der Waals surface area contributed by atoms with E-state index in [0.29, 0.717) is 22.5 Å². The summed E-state index contributed by atoms with van der Waals surface area (Å²) in [4.78, 5) is 11.3. The van der Waals surface area contributed by atoms with Crippen LogP contribution in [0.25, 0.3) is 16.7 Å². The van der Waals surface area contributed by atoms with Crippen LogP contribution in [0.5, 0.6) is 0 Å². The first kappa shape index (κ1) is 24.1. The van der Waals surface area contributed by atoms with Crippen molar-refractivity contribution in [3.05, 3.63) is 60.8 Å². The van der Waals surface area contributed by atoms with E-state index in [0.717, 1.165) is 37.3 Å². The number of benzene rings is 2. The number of sulfone groups is 1. The summed E-state index contributed by atoms with van der Waals surface area (Å²) >= 11 is 0. The summed E-state index contributed by atoms with van der Waals surface area (Å²) in [5.74, 6) is 0.512. The van der Waals surface area contributed by atoms with Crippen LogP contribution in [0.1, 0.15) is 26.7 Å². The minimum atomic E-state index is -3.52. The van der Waals surface area contributed by atoms with Gasteiger partial charge in [-0.1, -0.05) is 12.1 Å². The zero-order valence-electron chi connectivity index (χ0n) is 20.3. The molecule has 5 rings (SSSR count). The molecule has 0 unspecified atom stereocenters. The number of aromatic nitrogens is 3. The average molecular weight is 507 g/mol. The van der Waals surface area contributed by atoms with E-state index < -0.39 is 15.1 Å². The maximum atomic E-state index is 13.0. The molecule has 4 N–H and O–H groups in total. The number of fused-ring (bicyclic) bond motifs is 1. The lowest BCUT2D eigenvalue weighted by Gasteiger charge is -2.31. The van der Waals surface area contributed by atoms with E-state index in [-0.39, 0.29) is 16.9 Å². The molecule has 1 aliphatic rings. The molecule has 10 heteroatoms. The van der Waals surface area contributed by atoms with Gasteiger partial charge in [-0.15, -0.1) is 0 Å². The van der Waals surface area contributed by atoms with Crippen LogP contribution >= 0.6 is 0 Å². The van der Waals surface area contributed by atoms with Crippen LogP contribution in [-0.4, -0.2) is 52.5 Å². The summed E-state index contributed by atoms with van der Waals surface area (Å²) in [7, 11) is -3.52. The number of nitrogens with zero attached hydrogens (tertiary/aromatic N) is 4. The molecule has 3 heterocycles. The van der Waals surface area contributed by atoms with Crippen molar-refractivity contribution in [2.24, 2.45) is 0 Å². The second-order valence-electron chi connectivity index (χ2n) is 9.30. The molecular weight excluding hydrogens is 476 g/mol. The molecule has 188 valence electrons. The van der Waals surface area contributed by atoms with E-state index >= 15 is 0 Å². The van der Waals surface area contributed by atoms with Crippen molar-refractivity contribution < 1.29 is 13.5 Å². The van der Waals surface area contributed by atoms with Gasteiger partial charge in [-0.25, -0.2) is 13.4 Å². The van der Waals surface area contributed by atoms with Crippen molar-refractivity contribution in [2.75, 3.05) is 29.0 Å². The third-order valence-corrected chi connectivity index (χ3v) is 8.79. The molecule has 2 aromatic carbocycles. The van der Waals surface area contributed by atoms with Crippen LogP contribution in [0.2, 0.25) is 0 Å². The molecule has 36 heavy (non-hydrogen) atoms. The molecule has 0 aliphatic carbocycles. The highest BCUT2D eigenvalue weighted by Gasteiger charge is 2.24. The van der Waals surface area contributed by atoms with Gasteiger partial charge in [-0.05, 0) is 69.2 Å². The summed E-state index contributed by atoms with van der Waals surface area (Å²) in [5.41, 5.74) is 9.77. The number of hydrogen-bond acceptors (Lipinski definition) is 8. The molecule has 0 amide bonds. The van der Waals surface area contributed by atoms with Crippen LogP contribution in [0.4, 0.5) is 23.1 Å². The van der Waals surface area contributed by atoms with Gasteiger partial charge in [0.15, 0.2) is 15.7 Å². The molecule has 4 aromatic rings. The molecule has 2 aromatic heterocycles. The first-order valence-corrected chi connectivity index (χ1v) is 13.6. The third-order valence-electron chi connectivity index (χ3n) is 6.58. The van der Waals surface area contributed by atoms with Gasteiger partial charge in [-0.2, -0.15) is 4.98 Å². The van der Waals surface area contributed by atoms with Crippen molar-refractivity contribution >= 4 is 44.0 Å². The van der Waals surface area contributed by atoms with Gasteiger partial charge in [0.05, 0.1) is 27.5 Å². The Morgan fingerprint density at radius 1 is 1.00 bits per heavy atom. The Labute approximate surface area is 210 Å². The SMILES string of the molecule is CC(C)S(=O)(=O)c1ccccc1Nc1nc(N)nc2ccn(-c3ccc(N4CCC(O)CC4)cc3)c12. The number of para-hydroxylation sites is 1. The molecule has 1 fully saturated rings. The minimum Gasteiger partial charge on any atom is -0.393 e. The number of anilines is 4. The quantitative estimate of drug-likeness (QED) is 0.360. The smallest absolute Gasteiger partial charge is 0.222 e. The number of aliphatic hydroxyl groups excluding tert-OH is 1. The van der Waals surface area contributed by atoms with Gasteiger partial charge in [-0.3, -0.25) is 0 Å². The number of rotatable bonds is 6. The fourth-order valence-electron chi connectivity index (χ4n) is 4.51. The van der Waals surface area contributed by atoms with E-state index in [2.05, 4.69) is 32.3 Å². The van der Waals surface area contributed by atoms with Crippen LogP contribution < -0.4 is 16.0 Å². The summed E-state index contributed by atoms with van der Waals surface area (Å²) in [6, 6.07) is 16.8. The highest BCUT2D eigenvalue weighted by Crippen LogP contribution is 2.32. The van der Waals surface area contributed by atoms with E-state index in [1.807, 2.05) is 29.0 Å². The lowest BCUT2D eigenvalue weighted by atomic mass is 10.1. The fourth-order valence-corrected chi connectivity index (χ4v) is 5.72. The summed E-state index contributed by atoms with van der Waals surface area (Å²) in [5, 5.41) is 12.4. The molecule has 0 spiro atoms. The molecule has 1 aliphatic heterocycles. The van der Waals surface area contributed by atoms with E-state index in [9.17, 15) is 13.5 Å². The molecule has 0 saturated carbocycles. The third kappa shape index (κ3) is 4.49. The summed E-state index contributed by atoms with van der Waals surface area (Å²) in [6.45, 7) is 4.97. The molecule has 9 nitrogen and oxygen atoms in total. The Hall–Kier alpha value is -3.63. The Morgan fingerprint density at radius 3 is 2.36 bits per heavy atom. The predicted molar refractivity (Wildman–Crippen MR) is 143 cm³/mol. The predicted octanol–water partition coefficient (Wildman–Crippen LogP) is 3.89. The average Bonchev–Trinajstić information content (AvgIpc) is 3.29. The van der Waals surface area contributed by atoms with Gasteiger partial charge >= 0.3 is 0 Å². The summed E-state index contributed by atoms with van der Waals surface area (Å²) < 4.78 is 27.9. The van der Waals surface area contributed by atoms with Gasteiger partial charge in [0.2, 0.25) is 5.95 Å². The van der Waals surface area contributed by atoms with Gasteiger partial charge in [0.25, 0.3) is 0 Å². The Morgan fingerprint density at radius 2 is 1.67 bits per heavy atom. The maximum Gasteiger partial charge on any atom is 0.222 e. The largest absolute Gasteiger partial charge is 0.393 e. The van der Waals surface area contributed by atoms with E-state index in [1.54, 1.807) is 38.1 Å². The number of nitrogens with one attached hydrogen (secondary N) is 1. The van der Waals surface area contributed by atoms with Crippen molar-refractivity contribution in [3.63, 3.8) is 0 Å². The number of nitrogen functional groups attached to an aromatic ring is 1. The lowest BCUT2D eigenvalue weighted by Crippen LogP contribution is -2.35. The second-order valence-corrected chi connectivity index (χ2v) is 11.8. The zero-order chi connectivity index (χ0) is 25.4. The molecular formula is C26H30N6O3S. The topological polar surface area (TPSA) is 126 Å². The monoisotopic (exact) mass is 506 g/mol. The minimum absolute atomic E-state index is 0.0922. The highest BCUT2D eigenvalue weighted by atomic mass is 32.2. The van der Waals surface area contributed by atoms with Gasteiger partial charge in [0.1, 0.15) is 5.52 Å².